The number of methoxy groups -OCH3 is 1. The summed E-state index contributed by atoms with van der Waals surface area (Å²) in [5.41, 5.74) is 7.37. The molecule has 0 heterocycles. The zero-order valence-electron chi connectivity index (χ0n) is 12.6. The number of nitrogens with zero attached hydrogens (tertiary/aromatic N) is 2. The predicted octanol–water partition coefficient (Wildman–Crippen LogP) is 2.41. The summed E-state index contributed by atoms with van der Waals surface area (Å²) in [6.45, 7) is 4.02. The van der Waals surface area contributed by atoms with Gasteiger partial charge in [0.25, 0.3) is 0 Å². The summed E-state index contributed by atoms with van der Waals surface area (Å²) in [5, 5.41) is 11.8. The summed E-state index contributed by atoms with van der Waals surface area (Å²) in [4.78, 5) is 2.25. The van der Waals surface area contributed by atoms with Gasteiger partial charge in [-0.05, 0) is 38.2 Å². The number of nitrogens with two attached hydrogens (primary N) is 1. The average Bonchev–Trinajstić information content (AvgIpc) is 2.46. The lowest BCUT2D eigenvalue weighted by Gasteiger charge is -2.19. The number of hydrogen-bond acceptors (Lipinski definition) is 4. The van der Waals surface area contributed by atoms with Crippen LogP contribution in [0.2, 0.25) is 0 Å². The first-order valence-corrected chi connectivity index (χ1v) is 6.95. The number of benzene rings is 1. The Morgan fingerprint density at radius 2 is 2.15 bits per heavy atom. The zero-order valence-corrected chi connectivity index (χ0v) is 12.6. The molecular weight excluding hydrogens is 254 g/mol. The summed E-state index contributed by atoms with van der Waals surface area (Å²) in [6.07, 6.45) is 3.65. The van der Waals surface area contributed by atoms with Crippen molar-refractivity contribution < 1.29 is 9.94 Å². The number of amidine groups is 1. The Hall–Kier alpha value is -1.75. The Kier molecular flexibility index (Phi) is 6.87. The van der Waals surface area contributed by atoms with E-state index in [-0.39, 0.29) is 5.84 Å². The molecule has 0 aliphatic heterocycles. The van der Waals surface area contributed by atoms with Crippen molar-refractivity contribution in [1.29, 1.82) is 0 Å². The predicted molar refractivity (Wildman–Crippen MR) is 81.4 cm³/mol. The quantitative estimate of drug-likeness (QED) is 0.252. The summed E-state index contributed by atoms with van der Waals surface area (Å²) in [7, 11) is 3.74. The minimum atomic E-state index is 0.113. The third kappa shape index (κ3) is 4.74. The highest BCUT2D eigenvalue weighted by atomic mass is 16.5. The minimum absolute atomic E-state index is 0.113. The molecule has 0 aliphatic rings. The lowest BCUT2D eigenvalue weighted by Crippen LogP contribution is -2.20. The number of oxime groups is 1. The van der Waals surface area contributed by atoms with Crippen LogP contribution in [-0.4, -0.2) is 36.6 Å². The maximum atomic E-state index is 8.75. The van der Waals surface area contributed by atoms with Crippen LogP contribution in [0.25, 0.3) is 0 Å². The molecule has 0 unspecified atom stereocenters. The Bertz CT molecular complexity index is 447. The minimum Gasteiger partial charge on any atom is -0.496 e. The largest absolute Gasteiger partial charge is 0.496 e. The van der Waals surface area contributed by atoms with Gasteiger partial charge in [-0.1, -0.05) is 24.9 Å². The Morgan fingerprint density at radius 3 is 2.75 bits per heavy atom. The highest BCUT2D eigenvalue weighted by Crippen LogP contribution is 2.21. The molecule has 0 amide bonds. The van der Waals surface area contributed by atoms with Gasteiger partial charge in [0, 0.05) is 17.7 Å². The van der Waals surface area contributed by atoms with Crippen molar-refractivity contribution in [1.82, 2.24) is 4.90 Å². The fraction of sp³-hybridized carbons (Fsp3) is 0.533. The van der Waals surface area contributed by atoms with Gasteiger partial charge in [0.05, 0.1) is 7.11 Å². The molecule has 0 saturated carbocycles. The van der Waals surface area contributed by atoms with Gasteiger partial charge in [-0.25, -0.2) is 0 Å². The van der Waals surface area contributed by atoms with Crippen LogP contribution in [0, 0.1) is 0 Å². The highest BCUT2D eigenvalue weighted by molar-refractivity contribution is 5.97. The van der Waals surface area contributed by atoms with Crippen LogP contribution in [0.4, 0.5) is 0 Å². The van der Waals surface area contributed by atoms with E-state index >= 15 is 0 Å². The zero-order chi connectivity index (χ0) is 15.0. The van der Waals surface area contributed by atoms with Gasteiger partial charge in [0.1, 0.15) is 5.75 Å². The molecule has 5 heteroatoms. The van der Waals surface area contributed by atoms with Crippen LogP contribution < -0.4 is 10.5 Å². The molecule has 5 nitrogen and oxygen atoms in total. The summed E-state index contributed by atoms with van der Waals surface area (Å²) in [5.74, 6) is 0.935. The molecule has 1 rings (SSSR count). The Labute approximate surface area is 121 Å². The molecule has 0 spiro atoms. The number of unbranched alkanes of at least 4 members (excludes halogenated alkanes) is 2. The van der Waals surface area contributed by atoms with Crippen molar-refractivity contribution in [3.63, 3.8) is 0 Å². The van der Waals surface area contributed by atoms with Gasteiger partial charge in [-0.3, -0.25) is 0 Å². The maximum Gasteiger partial charge on any atom is 0.170 e. The van der Waals surface area contributed by atoms with Gasteiger partial charge in [0.15, 0.2) is 5.84 Å². The maximum absolute atomic E-state index is 8.75. The molecular formula is C15H25N3O2. The second-order valence-corrected chi connectivity index (χ2v) is 4.96. The van der Waals surface area contributed by atoms with E-state index in [4.69, 9.17) is 15.7 Å². The van der Waals surface area contributed by atoms with E-state index < -0.39 is 0 Å². The van der Waals surface area contributed by atoms with Gasteiger partial charge in [-0.15, -0.1) is 0 Å². The lowest BCUT2D eigenvalue weighted by atomic mass is 10.1. The second kappa shape index (κ2) is 8.43. The molecule has 3 N–H and O–H groups in total. The molecule has 112 valence electrons. The molecule has 1 aromatic rings. The van der Waals surface area contributed by atoms with E-state index in [0.717, 1.165) is 24.4 Å². The van der Waals surface area contributed by atoms with Gasteiger partial charge < -0.3 is 20.6 Å². The summed E-state index contributed by atoms with van der Waals surface area (Å²) in [6, 6.07) is 5.54. The molecule has 0 fully saturated rings. The van der Waals surface area contributed by atoms with Crippen molar-refractivity contribution in [2.45, 2.75) is 32.7 Å². The van der Waals surface area contributed by atoms with Crippen LogP contribution in [0.5, 0.6) is 5.75 Å². The van der Waals surface area contributed by atoms with E-state index in [1.165, 1.54) is 19.3 Å². The third-order valence-electron chi connectivity index (χ3n) is 3.27. The standard InChI is InChI=1S/C15H25N3O2/c1-4-5-6-9-18(2)11-13-10-12(15(16)17-19)7-8-14(13)20-3/h7-8,10,19H,4-6,9,11H2,1-3H3,(H2,16,17). The van der Waals surface area contributed by atoms with E-state index in [2.05, 4.69) is 24.0 Å². The molecule has 0 radical (unpaired) electrons. The van der Waals surface area contributed by atoms with E-state index in [1.54, 1.807) is 13.2 Å². The van der Waals surface area contributed by atoms with Crippen LogP contribution in [0.3, 0.4) is 0 Å². The fourth-order valence-corrected chi connectivity index (χ4v) is 2.12. The molecule has 20 heavy (non-hydrogen) atoms. The molecule has 0 aromatic heterocycles. The van der Waals surface area contributed by atoms with Crippen molar-refractivity contribution >= 4 is 5.84 Å². The smallest absolute Gasteiger partial charge is 0.170 e. The third-order valence-corrected chi connectivity index (χ3v) is 3.27. The lowest BCUT2D eigenvalue weighted by molar-refractivity contribution is 0.309. The van der Waals surface area contributed by atoms with Crippen molar-refractivity contribution in [3.05, 3.63) is 29.3 Å². The molecule has 0 saturated heterocycles. The van der Waals surface area contributed by atoms with E-state index in [9.17, 15) is 0 Å². The van der Waals surface area contributed by atoms with Gasteiger partial charge >= 0.3 is 0 Å². The first kappa shape index (κ1) is 16.3. The molecule has 0 atom stereocenters. The normalized spacial score (nSPS) is 11.9. The summed E-state index contributed by atoms with van der Waals surface area (Å²) >= 11 is 0. The summed E-state index contributed by atoms with van der Waals surface area (Å²) < 4.78 is 5.37. The Balaban J connectivity index is 2.80. The fourth-order valence-electron chi connectivity index (χ4n) is 2.12. The second-order valence-electron chi connectivity index (χ2n) is 4.96. The van der Waals surface area contributed by atoms with Crippen LogP contribution in [0.15, 0.2) is 23.4 Å². The molecule has 0 aliphatic carbocycles. The Morgan fingerprint density at radius 1 is 1.40 bits per heavy atom. The van der Waals surface area contributed by atoms with Crippen molar-refractivity contribution in [2.24, 2.45) is 10.9 Å². The van der Waals surface area contributed by atoms with Crippen molar-refractivity contribution in [2.75, 3.05) is 20.7 Å². The number of ether oxygens (including phenoxy) is 1. The SMILES string of the molecule is CCCCCN(C)Cc1cc(/C(N)=N/O)ccc1OC. The van der Waals surface area contributed by atoms with Crippen LogP contribution >= 0.6 is 0 Å². The number of rotatable bonds is 8. The topological polar surface area (TPSA) is 71.1 Å². The van der Waals surface area contributed by atoms with Gasteiger partial charge in [0.2, 0.25) is 0 Å². The molecule has 0 bridgehead atoms. The first-order valence-electron chi connectivity index (χ1n) is 6.95. The first-order chi connectivity index (χ1) is 9.62. The van der Waals surface area contributed by atoms with Crippen molar-refractivity contribution in [3.8, 4) is 5.75 Å². The number of hydrogen-bond donors (Lipinski definition) is 2. The van der Waals surface area contributed by atoms with Crippen LogP contribution in [0.1, 0.15) is 37.3 Å². The van der Waals surface area contributed by atoms with Gasteiger partial charge in [-0.2, -0.15) is 0 Å². The molecule has 1 aromatic carbocycles. The highest BCUT2D eigenvalue weighted by Gasteiger charge is 2.09. The van der Waals surface area contributed by atoms with Crippen LogP contribution in [-0.2, 0) is 6.54 Å². The average molecular weight is 279 g/mol. The van der Waals surface area contributed by atoms with E-state index in [1.807, 2.05) is 12.1 Å². The monoisotopic (exact) mass is 279 g/mol. The van der Waals surface area contributed by atoms with E-state index in [0.29, 0.717) is 5.56 Å².